The predicted molar refractivity (Wildman–Crippen MR) is 65.1 cm³/mol. The Labute approximate surface area is 104 Å². The fourth-order valence-electron chi connectivity index (χ4n) is 2.06. The first-order chi connectivity index (χ1) is 8.51. The topological polar surface area (TPSA) is 43.8 Å². The van der Waals surface area contributed by atoms with E-state index in [4.69, 9.17) is 5.73 Å². The molecule has 0 bridgehead atoms. The average molecular weight is 251 g/mol. The van der Waals surface area contributed by atoms with Gasteiger partial charge in [0.1, 0.15) is 11.6 Å². The van der Waals surface area contributed by atoms with Crippen molar-refractivity contribution in [2.24, 2.45) is 5.73 Å². The van der Waals surface area contributed by atoms with Gasteiger partial charge in [0.25, 0.3) is 0 Å². The van der Waals surface area contributed by atoms with Gasteiger partial charge in [0, 0.05) is 23.9 Å². The van der Waals surface area contributed by atoms with Crippen LogP contribution in [-0.4, -0.2) is 9.78 Å². The number of aromatic nitrogens is 2. The van der Waals surface area contributed by atoms with Crippen LogP contribution in [0.2, 0.25) is 0 Å². The third kappa shape index (κ3) is 2.41. The smallest absolute Gasteiger partial charge is 0.126 e. The van der Waals surface area contributed by atoms with Crippen LogP contribution in [-0.2, 0) is 13.1 Å². The zero-order chi connectivity index (χ0) is 13.3. The number of nitrogens with two attached hydrogens (primary N) is 1. The zero-order valence-electron chi connectivity index (χ0n) is 10.4. The van der Waals surface area contributed by atoms with Gasteiger partial charge in [-0.25, -0.2) is 8.78 Å². The highest BCUT2D eigenvalue weighted by Gasteiger charge is 2.10. The van der Waals surface area contributed by atoms with E-state index in [2.05, 4.69) is 5.10 Å². The molecule has 0 amide bonds. The van der Waals surface area contributed by atoms with E-state index in [0.717, 1.165) is 23.0 Å². The van der Waals surface area contributed by atoms with Crippen LogP contribution in [0.3, 0.4) is 0 Å². The Kier molecular flexibility index (Phi) is 3.43. The molecule has 18 heavy (non-hydrogen) atoms. The van der Waals surface area contributed by atoms with Crippen molar-refractivity contribution in [1.82, 2.24) is 9.78 Å². The van der Waals surface area contributed by atoms with Crippen LogP contribution >= 0.6 is 0 Å². The second-order valence-electron chi connectivity index (χ2n) is 4.29. The molecule has 0 saturated carbocycles. The largest absolute Gasteiger partial charge is 0.326 e. The van der Waals surface area contributed by atoms with Crippen LogP contribution in [0, 0.1) is 25.5 Å². The molecule has 5 heteroatoms. The number of hydrogen-bond donors (Lipinski definition) is 1. The maximum Gasteiger partial charge on any atom is 0.126 e. The van der Waals surface area contributed by atoms with Gasteiger partial charge in [-0.05, 0) is 31.5 Å². The number of hydrogen-bond acceptors (Lipinski definition) is 2. The summed E-state index contributed by atoms with van der Waals surface area (Å²) in [7, 11) is 0. The Bertz CT molecular complexity index is 556. The van der Waals surface area contributed by atoms with Gasteiger partial charge in [-0.3, -0.25) is 4.68 Å². The third-order valence-corrected chi connectivity index (χ3v) is 2.99. The molecule has 0 fully saturated rings. The molecule has 2 N–H and O–H groups in total. The first kappa shape index (κ1) is 12.7. The maximum absolute atomic E-state index is 13.1. The summed E-state index contributed by atoms with van der Waals surface area (Å²) in [6.45, 7) is 4.52. The molecule has 2 aromatic rings. The minimum absolute atomic E-state index is 0.335. The molecule has 0 radical (unpaired) electrons. The average Bonchev–Trinajstić information content (AvgIpc) is 2.52. The summed E-state index contributed by atoms with van der Waals surface area (Å²) in [6, 6.07) is 3.47. The van der Waals surface area contributed by atoms with Crippen LogP contribution < -0.4 is 5.73 Å². The summed E-state index contributed by atoms with van der Waals surface area (Å²) in [4.78, 5) is 0. The lowest BCUT2D eigenvalue weighted by molar-refractivity contribution is 0.572. The molecule has 96 valence electrons. The van der Waals surface area contributed by atoms with Crippen LogP contribution in [0.15, 0.2) is 18.2 Å². The van der Waals surface area contributed by atoms with Crippen LogP contribution in [0.1, 0.15) is 22.5 Å². The van der Waals surface area contributed by atoms with Gasteiger partial charge < -0.3 is 5.73 Å². The van der Waals surface area contributed by atoms with Crippen molar-refractivity contribution in [2.45, 2.75) is 26.9 Å². The van der Waals surface area contributed by atoms with Gasteiger partial charge in [0.05, 0.1) is 12.2 Å². The molecule has 3 nitrogen and oxygen atoms in total. The molecular formula is C13H15F2N3. The Morgan fingerprint density at radius 2 is 1.78 bits per heavy atom. The van der Waals surface area contributed by atoms with Crippen LogP contribution in [0.4, 0.5) is 8.78 Å². The minimum atomic E-state index is -0.578. The molecule has 0 unspecified atom stereocenters. The molecule has 0 aliphatic rings. The maximum atomic E-state index is 13.1. The van der Waals surface area contributed by atoms with Gasteiger partial charge in [0.2, 0.25) is 0 Å². The number of rotatable bonds is 3. The van der Waals surface area contributed by atoms with Crippen LogP contribution in [0.5, 0.6) is 0 Å². The zero-order valence-corrected chi connectivity index (χ0v) is 10.4. The highest BCUT2D eigenvalue weighted by molar-refractivity contribution is 5.26. The van der Waals surface area contributed by atoms with Crippen molar-refractivity contribution >= 4 is 0 Å². The standard InChI is InChI=1S/C13H15F2N3/c1-8-13(6-16)9(2)18(17-8)7-10-3-11(14)5-12(15)4-10/h3-5H,6-7,16H2,1-2H3. The Morgan fingerprint density at radius 3 is 2.28 bits per heavy atom. The van der Waals surface area contributed by atoms with E-state index < -0.39 is 11.6 Å². The van der Waals surface area contributed by atoms with Gasteiger partial charge >= 0.3 is 0 Å². The highest BCUT2D eigenvalue weighted by atomic mass is 19.1. The summed E-state index contributed by atoms with van der Waals surface area (Å²) >= 11 is 0. The lowest BCUT2D eigenvalue weighted by atomic mass is 10.2. The number of nitrogens with zero attached hydrogens (tertiary/aromatic N) is 2. The summed E-state index contributed by atoms with van der Waals surface area (Å²) < 4.78 is 27.9. The first-order valence-corrected chi connectivity index (χ1v) is 5.69. The third-order valence-electron chi connectivity index (χ3n) is 2.99. The van der Waals surface area contributed by atoms with Crippen molar-refractivity contribution < 1.29 is 8.78 Å². The molecule has 0 aliphatic heterocycles. The minimum Gasteiger partial charge on any atom is -0.326 e. The predicted octanol–water partition coefficient (Wildman–Crippen LogP) is 2.29. The van der Waals surface area contributed by atoms with E-state index in [0.29, 0.717) is 18.7 Å². The molecule has 2 rings (SSSR count). The Morgan fingerprint density at radius 1 is 1.17 bits per heavy atom. The van der Waals surface area contributed by atoms with Crippen molar-refractivity contribution in [2.75, 3.05) is 0 Å². The van der Waals surface area contributed by atoms with Gasteiger partial charge in [-0.1, -0.05) is 0 Å². The second kappa shape index (κ2) is 4.86. The molecule has 0 atom stereocenters. The lowest BCUT2D eigenvalue weighted by Crippen LogP contribution is -2.06. The quantitative estimate of drug-likeness (QED) is 0.909. The fraction of sp³-hybridized carbons (Fsp3) is 0.308. The number of halogens is 2. The molecule has 1 aromatic carbocycles. The number of aryl methyl sites for hydroxylation is 1. The van der Waals surface area contributed by atoms with Gasteiger partial charge in [0.15, 0.2) is 0 Å². The van der Waals surface area contributed by atoms with Gasteiger partial charge in [-0.2, -0.15) is 5.10 Å². The van der Waals surface area contributed by atoms with Crippen molar-refractivity contribution in [3.8, 4) is 0 Å². The Hall–Kier alpha value is -1.75. The SMILES string of the molecule is Cc1nn(Cc2cc(F)cc(F)c2)c(C)c1CN. The summed E-state index contributed by atoms with van der Waals surface area (Å²) in [5, 5.41) is 4.33. The van der Waals surface area contributed by atoms with E-state index in [1.807, 2.05) is 13.8 Å². The fourth-order valence-corrected chi connectivity index (χ4v) is 2.06. The molecule has 1 heterocycles. The molecule has 1 aromatic heterocycles. The lowest BCUT2D eigenvalue weighted by Gasteiger charge is -2.06. The van der Waals surface area contributed by atoms with Gasteiger partial charge in [-0.15, -0.1) is 0 Å². The summed E-state index contributed by atoms with van der Waals surface area (Å²) in [5.74, 6) is -1.16. The number of benzene rings is 1. The van der Waals surface area contributed by atoms with E-state index in [1.165, 1.54) is 12.1 Å². The molecular weight excluding hydrogens is 236 g/mol. The van der Waals surface area contributed by atoms with Crippen LogP contribution in [0.25, 0.3) is 0 Å². The van der Waals surface area contributed by atoms with E-state index in [1.54, 1.807) is 4.68 Å². The molecule has 0 aliphatic carbocycles. The Balaban J connectivity index is 2.34. The van der Waals surface area contributed by atoms with Crippen molar-refractivity contribution in [3.63, 3.8) is 0 Å². The summed E-state index contributed by atoms with van der Waals surface area (Å²) in [5.41, 5.74) is 8.94. The molecule has 0 saturated heterocycles. The molecule has 0 spiro atoms. The highest BCUT2D eigenvalue weighted by Crippen LogP contribution is 2.15. The second-order valence-corrected chi connectivity index (χ2v) is 4.29. The van der Waals surface area contributed by atoms with E-state index in [-0.39, 0.29) is 0 Å². The van der Waals surface area contributed by atoms with E-state index >= 15 is 0 Å². The monoisotopic (exact) mass is 251 g/mol. The van der Waals surface area contributed by atoms with Crippen molar-refractivity contribution in [1.29, 1.82) is 0 Å². The normalized spacial score (nSPS) is 10.9. The first-order valence-electron chi connectivity index (χ1n) is 5.69. The van der Waals surface area contributed by atoms with Crippen molar-refractivity contribution in [3.05, 3.63) is 52.3 Å². The summed E-state index contributed by atoms with van der Waals surface area (Å²) in [6.07, 6.45) is 0. The van der Waals surface area contributed by atoms with E-state index in [9.17, 15) is 8.78 Å².